The molecule has 1 atom stereocenters. The molecule has 1 aromatic heterocycles. The Balaban J connectivity index is 2.03. The first-order valence-electron chi connectivity index (χ1n) is 5.45. The molecular formula is C12H13FN2O2S. The first-order chi connectivity index (χ1) is 8.56. The van der Waals surface area contributed by atoms with E-state index in [1.54, 1.807) is 11.4 Å². The standard InChI is InChI=1S/C12H13FN2O2S/c1-7(10-3-2-9(16)4-11(10)13)14-5-8-6-18-12(17)15-8/h2-4,6-7,14,16H,5H2,1H3,(H,15,17). The third-order valence-electron chi connectivity index (χ3n) is 2.62. The summed E-state index contributed by atoms with van der Waals surface area (Å²) in [7, 11) is 0. The van der Waals surface area contributed by atoms with E-state index in [0.29, 0.717) is 12.1 Å². The molecule has 0 fully saturated rings. The summed E-state index contributed by atoms with van der Waals surface area (Å²) < 4.78 is 13.6. The summed E-state index contributed by atoms with van der Waals surface area (Å²) in [4.78, 5) is 13.5. The maximum atomic E-state index is 13.6. The Morgan fingerprint density at radius 1 is 1.56 bits per heavy atom. The van der Waals surface area contributed by atoms with Crippen LogP contribution in [0.25, 0.3) is 0 Å². The van der Waals surface area contributed by atoms with Crippen molar-refractivity contribution in [1.29, 1.82) is 0 Å². The van der Waals surface area contributed by atoms with Crippen molar-refractivity contribution >= 4 is 11.3 Å². The van der Waals surface area contributed by atoms with Gasteiger partial charge in [-0.05, 0) is 13.0 Å². The zero-order valence-electron chi connectivity index (χ0n) is 9.74. The van der Waals surface area contributed by atoms with Gasteiger partial charge in [-0.25, -0.2) is 4.39 Å². The van der Waals surface area contributed by atoms with E-state index in [9.17, 15) is 9.18 Å². The summed E-state index contributed by atoms with van der Waals surface area (Å²) >= 11 is 1.10. The summed E-state index contributed by atoms with van der Waals surface area (Å²) in [5, 5.41) is 14.0. The topological polar surface area (TPSA) is 65.1 Å². The largest absolute Gasteiger partial charge is 0.508 e. The molecule has 0 aliphatic rings. The van der Waals surface area contributed by atoms with Crippen LogP contribution in [0.2, 0.25) is 0 Å². The third-order valence-corrected chi connectivity index (χ3v) is 3.34. The minimum Gasteiger partial charge on any atom is -0.508 e. The predicted molar refractivity (Wildman–Crippen MR) is 68.3 cm³/mol. The summed E-state index contributed by atoms with van der Waals surface area (Å²) in [5.74, 6) is -0.542. The maximum Gasteiger partial charge on any atom is 0.304 e. The number of thiazole rings is 1. The molecule has 1 unspecified atom stereocenters. The number of phenolic OH excluding ortho intramolecular Hbond substituents is 1. The molecular weight excluding hydrogens is 255 g/mol. The second-order valence-corrected chi connectivity index (χ2v) is 4.82. The Morgan fingerprint density at radius 2 is 2.33 bits per heavy atom. The monoisotopic (exact) mass is 268 g/mol. The lowest BCUT2D eigenvalue weighted by molar-refractivity contribution is 0.463. The SMILES string of the molecule is CC(NCc1csc(=O)[nH]1)c1ccc(O)cc1F. The third kappa shape index (κ3) is 2.96. The van der Waals surface area contributed by atoms with E-state index < -0.39 is 5.82 Å². The van der Waals surface area contributed by atoms with E-state index in [4.69, 9.17) is 5.11 Å². The lowest BCUT2D eigenvalue weighted by atomic mass is 10.1. The van der Waals surface area contributed by atoms with Gasteiger partial charge in [-0.15, -0.1) is 0 Å². The van der Waals surface area contributed by atoms with Gasteiger partial charge in [0.25, 0.3) is 0 Å². The van der Waals surface area contributed by atoms with Crippen LogP contribution in [0.3, 0.4) is 0 Å². The first-order valence-corrected chi connectivity index (χ1v) is 6.32. The van der Waals surface area contributed by atoms with Crippen LogP contribution in [0, 0.1) is 5.82 Å². The molecule has 18 heavy (non-hydrogen) atoms. The van der Waals surface area contributed by atoms with Crippen LogP contribution in [-0.4, -0.2) is 10.1 Å². The zero-order valence-corrected chi connectivity index (χ0v) is 10.6. The number of hydrogen-bond donors (Lipinski definition) is 3. The fraction of sp³-hybridized carbons (Fsp3) is 0.250. The Kier molecular flexibility index (Phi) is 3.78. The highest BCUT2D eigenvalue weighted by molar-refractivity contribution is 7.07. The van der Waals surface area contributed by atoms with E-state index in [-0.39, 0.29) is 16.7 Å². The molecule has 2 rings (SSSR count). The van der Waals surface area contributed by atoms with Gasteiger partial charge < -0.3 is 15.4 Å². The van der Waals surface area contributed by atoms with Crippen LogP contribution < -0.4 is 10.2 Å². The highest BCUT2D eigenvalue weighted by Gasteiger charge is 2.11. The molecule has 1 heterocycles. The van der Waals surface area contributed by atoms with Crippen molar-refractivity contribution in [1.82, 2.24) is 10.3 Å². The van der Waals surface area contributed by atoms with Crippen molar-refractivity contribution in [3.63, 3.8) is 0 Å². The van der Waals surface area contributed by atoms with Gasteiger partial charge in [0, 0.05) is 35.3 Å². The van der Waals surface area contributed by atoms with Crippen LogP contribution in [0.15, 0.2) is 28.4 Å². The predicted octanol–water partition coefficient (Wildman–Crippen LogP) is 2.13. The maximum absolute atomic E-state index is 13.6. The number of nitrogens with one attached hydrogen (secondary N) is 2. The van der Waals surface area contributed by atoms with Crippen molar-refractivity contribution in [3.8, 4) is 5.75 Å². The number of H-pyrrole nitrogens is 1. The van der Waals surface area contributed by atoms with Crippen molar-refractivity contribution in [3.05, 3.63) is 50.3 Å². The minimum absolute atomic E-state index is 0.0920. The van der Waals surface area contributed by atoms with Gasteiger partial charge in [0.1, 0.15) is 11.6 Å². The summed E-state index contributed by atoms with van der Waals surface area (Å²) in [6, 6.07) is 3.86. The Labute approximate surface area is 107 Å². The van der Waals surface area contributed by atoms with E-state index in [1.807, 2.05) is 6.92 Å². The Morgan fingerprint density at radius 3 is 2.94 bits per heavy atom. The lowest BCUT2D eigenvalue weighted by Gasteiger charge is -2.14. The molecule has 0 spiro atoms. The molecule has 0 radical (unpaired) electrons. The number of aromatic nitrogens is 1. The molecule has 0 aliphatic carbocycles. The zero-order chi connectivity index (χ0) is 13.1. The molecule has 0 saturated carbocycles. The molecule has 0 saturated heterocycles. The fourth-order valence-corrected chi connectivity index (χ4v) is 2.22. The summed E-state index contributed by atoms with van der Waals surface area (Å²) in [5.41, 5.74) is 1.25. The van der Waals surface area contributed by atoms with Gasteiger partial charge in [0.15, 0.2) is 0 Å². The molecule has 1 aromatic carbocycles. The molecule has 0 amide bonds. The van der Waals surface area contributed by atoms with Crippen LogP contribution in [-0.2, 0) is 6.54 Å². The van der Waals surface area contributed by atoms with Gasteiger partial charge >= 0.3 is 4.87 Å². The van der Waals surface area contributed by atoms with E-state index in [1.165, 1.54) is 6.07 Å². The van der Waals surface area contributed by atoms with Gasteiger partial charge in [-0.2, -0.15) is 0 Å². The smallest absolute Gasteiger partial charge is 0.304 e. The number of halogens is 1. The molecule has 96 valence electrons. The van der Waals surface area contributed by atoms with Crippen LogP contribution in [0.4, 0.5) is 4.39 Å². The number of rotatable bonds is 4. The highest BCUT2D eigenvalue weighted by Crippen LogP contribution is 2.21. The van der Waals surface area contributed by atoms with Crippen LogP contribution in [0.1, 0.15) is 24.2 Å². The molecule has 6 heteroatoms. The summed E-state index contributed by atoms with van der Waals surface area (Å²) in [6.07, 6.45) is 0. The van der Waals surface area contributed by atoms with Crippen LogP contribution in [0.5, 0.6) is 5.75 Å². The van der Waals surface area contributed by atoms with E-state index in [0.717, 1.165) is 23.1 Å². The number of aromatic amines is 1. The lowest BCUT2D eigenvalue weighted by Crippen LogP contribution is -2.19. The number of hydrogen-bond acceptors (Lipinski definition) is 4. The average molecular weight is 268 g/mol. The van der Waals surface area contributed by atoms with Gasteiger partial charge in [0.05, 0.1) is 0 Å². The quantitative estimate of drug-likeness (QED) is 0.796. The molecule has 3 N–H and O–H groups in total. The van der Waals surface area contributed by atoms with E-state index >= 15 is 0 Å². The van der Waals surface area contributed by atoms with Crippen molar-refractivity contribution < 1.29 is 9.50 Å². The fourth-order valence-electron chi connectivity index (χ4n) is 1.64. The normalized spacial score (nSPS) is 12.6. The summed E-state index contributed by atoms with van der Waals surface area (Å²) in [6.45, 7) is 2.28. The van der Waals surface area contributed by atoms with Crippen molar-refractivity contribution in [2.24, 2.45) is 0 Å². The van der Waals surface area contributed by atoms with Gasteiger partial charge in [-0.3, -0.25) is 4.79 Å². The van der Waals surface area contributed by atoms with Crippen molar-refractivity contribution in [2.75, 3.05) is 0 Å². The average Bonchev–Trinajstić information content (AvgIpc) is 2.72. The number of phenols is 1. The Bertz CT molecular complexity index is 594. The molecule has 4 nitrogen and oxygen atoms in total. The second-order valence-electron chi connectivity index (χ2n) is 3.98. The second kappa shape index (κ2) is 5.32. The first kappa shape index (κ1) is 12.8. The van der Waals surface area contributed by atoms with E-state index in [2.05, 4.69) is 10.3 Å². The Hall–Kier alpha value is -1.66. The highest BCUT2D eigenvalue weighted by atomic mass is 32.1. The van der Waals surface area contributed by atoms with Gasteiger partial charge in [-0.1, -0.05) is 17.4 Å². The number of aromatic hydroxyl groups is 1. The minimum atomic E-state index is -0.450. The van der Waals surface area contributed by atoms with Gasteiger partial charge in [0.2, 0.25) is 0 Å². The van der Waals surface area contributed by atoms with Crippen molar-refractivity contribution in [2.45, 2.75) is 19.5 Å². The molecule has 0 bridgehead atoms. The molecule has 2 aromatic rings. The van der Waals surface area contributed by atoms with Crippen LogP contribution >= 0.6 is 11.3 Å². The number of benzene rings is 1. The molecule has 0 aliphatic heterocycles.